The van der Waals surface area contributed by atoms with E-state index in [1.54, 1.807) is 24.3 Å². The normalized spacial score (nSPS) is 10.1. The predicted octanol–water partition coefficient (Wildman–Crippen LogP) is 3.73. The van der Waals surface area contributed by atoms with E-state index in [1.165, 1.54) is 6.92 Å². The number of ether oxygens (including phenoxy) is 1. The third-order valence-corrected chi connectivity index (χ3v) is 3.40. The Morgan fingerprint density at radius 1 is 1.04 bits per heavy atom. The summed E-state index contributed by atoms with van der Waals surface area (Å²) in [5, 5.41) is 5.99. The second-order valence-corrected chi connectivity index (χ2v) is 5.32. The first-order valence-electron chi connectivity index (χ1n) is 7.96. The van der Waals surface area contributed by atoms with Gasteiger partial charge in [-0.05, 0) is 50.2 Å². The highest BCUT2D eigenvalue weighted by Crippen LogP contribution is 2.16. The van der Waals surface area contributed by atoms with E-state index >= 15 is 0 Å². The maximum Gasteiger partial charge on any atom is 0.226 e. The number of carbonyl (C=O) groups is 2. The number of Topliss-reactive ketones (excluding diaryl/α,β-unsaturated/α-hetero) is 1. The summed E-state index contributed by atoms with van der Waals surface area (Å²) in [4.78, 5) is 23.3. The van der Waals surface area contributed by atoms with Gasteiger partial charge in [0.2, 0.25) is 5.91 Å². The molecular formula is C19H22N2O3. The molecule has 2 aromatic rings. The quantitative estimate of drug-likeness (QED) is 0.725. The smallest absolute Gasteiger partial charge is 0.226 e. The maximum atomic E-state index is 12.0. The highest BCUT2D eigenvalue weighted by atomic mass is 16.5. The van der Waals surface area contributed by atoms with Crippen molar-refractivity contribution in [3.63, 3.8) is 0 Å². The van der Waals surface area contributed by atoms with Crippen LogP contribution in [0.3, 0.4) is 0 Å². The monoisotopic (exact) mass is 326 g/mol. The van der Waals surface area contributed by atoms with Crippen LogP contribution in [0.4, 0.5) is 11.4 Å². The van der Waals surface area contributed by atoms with E-state index in [2.05, 4.69) is 10.6 Å². The molecular weight excluding hydrogens is 304 g/mol. The molecule has 0 aliphatic rings. The molecule has 0 aliphatic heterocycles. The van der Waals surface area contributed by atoms with E-state index in [1.807, 2.05) is 31.2 Å². The molecule has 0 bridgehead atoms. The molecule has 5 heteroatoms. The Morgan fingerprint density at radius 3 is 2.46 bits per heavy atom. The van der Waals surface area contributed by atoms with Gasteiger partial charge >= 0.3 is 0 Å². The number of amides is 1. The van der Waals surface area contributed by atoms with Crippen molar-refractivity contribution < 1.29 is 14.3 Å². The maximum absolute atomic E-state index is 12.0. The Labute approximate surface area is 142 Å². The summed E-state index contributed by atoms with van der Waals surface area (Å²) in [6.07, 6.45) is 0.331. The van der Waals surface area contributed by atoms with E-state index in [4.69, 9.17) is 4.74 Å². The summed E-state index contributed by atoms with van der Waals surface area (Å²) in [7, 11) is 0. The molecule has 2 rings (SSSR count). The van der Waals surface area contributed by atoms with Crippen LogP contribution in [0.1, 0.15) is 30.6 Å². The second-order valence-electron chi connectivity index (χ2n) is 5.32. The number of carbonyl (C=O) groups excluding carboxylic acids is 2. The van der Waals surface area contributed by atoms with Gasteiger partial charge in [-0.1, -0.05) is 12.1 Å². The largest absolute Gasteiger partial charge is 0.494 e. The molecule has 2 N–H and O–H groups in total. The van der Waals surface area contributed by atoms with Gasteiger partial charge in [0, 0.05) is 29.9 Å². The number of hydrogen-bond donors (Lipinski definition) is 2. The second kappa shape index (κ2) is 8.72. The number of anilines is 2. The molecule has 0 heterocycles. The molecule has 126 valence electrons. The first kappa shape index (κ1) is 17.5. The highest BCUT2D eigenvalue weighted by Gasteiger charge is 2.05. The molecule has 2 aromatic carbocycles. The van der Waals surface area contributed by atoms with Gasteiger partial charge < -0.3 is 15.4 Å². The van der Waals surface area contributed by atoms with Crippen molar-refractivity contribution in [2.75, 3.05) is 23.8 Å². The van der Waals surface area contributed by atoms with Crippen molar-refractivity contribution in [3.8, 4) is 5.75 Å². The summed E-state index contributed by atoms with van der Waals surface area (Å²) >= 11 is 0. The topological polar surface area (TPSA) is 67.4 Å². The van der Waals surface area contributed by atoms with Gasteiger partial charge in [0.05, 0.1) is 6.61 Å². The number of nitrogens with one attached hydrogen (secondary N) is 2. The predicted molar refractivity (Wildman–Crippen MR) is 95.8 cm³/mol. The Hall–Kier alpha value is -2.82. The van der Waals surface area contributed by atoms with Crippen molar-refractivity contribution in [1.82, 2.24) is 0 Å². The number of rotatable bonds is 8. The van der Waals surface area contributed by atoms with Crippen molar-refractivity contribution in [2.45, 2.75) is 20.3 Å². The van der Waals surface area contributed by atoms with Gasteiger partial charge in [-0.15, -0.1) is 0 Å². The summed E-state index contributed by atoms with van der Waals surface area (Å²) < 4.78 is 5.38. The number of ketones is 1. The fourth-order valence-electron chi connectivity index (χ4n) is 2.20. The van der Waals surface area contributed by atoms with Crippen LogP contribution in [0.15, 0.2) is 48.5 Å². The Bertz CT molecular complexity index is 696. The Kier molecular flexibility index (Phi) is 6.37. The fraction of sp³-hybridized carbons (Fsp3) is 0.263. The fourth-order valence-corrected chi connectivity index (χ4v) is 2.20. The molecule has 24 heavy (non-hydrogen) atoms. The van der Waals surface area contributed by atoms with Crippen LogP contribution in [-0.2, 0) is 4.79 Å². The van der Waals surface area contributed by atoms with E-state index < -0.39 is 0 Å². The average Bonchev–Trinajstić information content (AvgIpc) is 2.57. The van der Waals surface area contributed by atoms with Gasteiger partial charge in [0.25, 0.3) is 0 Å². The number of benzene rings is 2. The molecule has 0 unspecified atom stereocenters. The zero-order valence-electron chi connectivity index (χ0n) is 14.0. The molecule has 0 aromatic heterocycles. The first-order valence-corrected chi connectivity index (χ1v) is 7.96. The highest BCUT2D eigenvalue weighted by molar-refractivity contribution is 5.97. The van der Waals surface area contributed by atoms with Gasteiger partial charge in [-0.3, -0.25) is 9.59 Å². The minimum Gasteiger partial charge on any atom is -0.494 e. The van der Waals surface area contributed by atoms with Crippen LogP contribution in [0.25, 0.3) is 0 Å². The molecule has 0 aliphatic carbocycles. The van der Waals surface area contributed by atoms with Crippen LogP contribution >= 0.6 is 0 Å². The van der Waals surface area contributed by atoms with E-state index in [9.17, 15) is 9.59 Å². The van der Waals surface area contributed by atoms with Crippen molar-refractivity contribution in [1.29, 1.82) is 0 Å². The lowest BCUT2D eigenvalue weighted by Crippen LogP contribution is -2.16. The van der Waals surface area contributed by atoms with Crippen molar-refractivity contribution >= 4 is 23.1 Å². The zero-order valence-corrected chi connectivity index (χ0v) is 14.0. The molecule has 0 spiro atoms. The first-order chi connectivity index (χ1) is 11.6. The van der Waals surface area contributed by atoms with Crippen LogP contribution in [0, 0.1) is 0 Å². The van der Waals surface area contributed by atoms with E-state index in [-0.39, 0.29) is 11.7 Å². The SMILES string of the molecule is CCOc1ccc(NCCC(=O)Nc2cccc(C(C)=O)c2)cc1. The van der Waals surface area contributed by atoms with E-state index in [0.29, 0.717) is 30.8 Å². The number of hydrogen-bond acceptors (Lipinski definition) is 4. The molecule has 0 saturated heterocycles. The zero-order chi connectivity index (χ0) is 17.4. The lowest BCUT2D eigenvalue weighted by molar-refractivity contribution is -0.115. The Morgan fingerprint density at radius 2 is 1.79 bits per heavy atom. The van der Waals surface area contributed by atoms with Gasteiger partial charge in [-0.25, -0.2) is 0 Å². The van der Waals surface area contributed by atoms with Crippen LogP contribution in [-0.4, -0.2) is 24.8 Å². The molecule has 5 nitrogen and oxygen atoms in total. The van der Waals surface area contributed by atoms with E-state index in [0.717, 1.165) is 11.4 Å². The summed E-state index contributed by atoms with van der Waals surface area (Å²) in [6, 6.07) is 14.5. The molecule has 1 amide bonds. The Balaban J connectivity index is 1.79. The lowest BCUT2D eigenvalue weighted by atomic mass is 10.1. The average molecular weight is 326 g/mol. The standard InChI is InChI=1S/C19H22N2O3/c1-3-24-18-9-7-16(8-10-18)20-12-11-19(23)21-17-6-4-5-15(13-17)14(2)22/h4-10,13,20H,3,11-12H2,1-2H3,(H,21,23). The van der Waals surface area contributed by atoms with Gasteiger partial charge in [0.1, 0.15) is 5.75 Å². The third-order valence-electron chi connectivity index (χ3n) is 3.40. The minimum atomic E-state index is -0.103. The summed E-state index contributed by atoms with van der Waals surface area (Å²) in [5.41, 5.74) is 2.15. The molecule has 0 radical (unpaired) electrons. The van der Waals surface area contributed by atoms with Crippen LogP contribution in [0.2, 0.25) is 0 Å². The third kappa shape index (κ3) is 5.43. The van der Waals surface area contributed by atoms with Crippen molar-refractivity contribution in [2.24, 2.45) is 0 Å². The van der Waals surface area contributed by atoms with Gasteiger partial charge in [-0.2, -0.15) is 0 Å². The van der Waals surface area contributed by atoms with Crippen LogP contribution in [0.5, 0.6) is 5.75 Å². The van der Waals surface area contributed by atoms with Crippen molar-refractivity contribution in [3.05, 3.63) is 54.1 Å². The molecule has 0 saturated carbocycles. The van der Waals surface area contributed by atoms with Crippen LogP contribution < -0.4 is 15.4 Å². The summed E-state index contributed by atoms with van der Waals surface area (Å²) in [6.45, 7) is 4.60. The minimum absolute atomic E-state index is 0.0248. The lowest BCUT2D eigenvalue weighted by Gasteiger charge is -2.09. The molecule has 0 atom stereocenters. The van der Waals surface area contributed by atoms with Gasteiger partial charge in [0.15, 0.2) is 5.78 Å². The summed E-state index contributed by atoms with van der Waals surface area (Å²) in [5.74, 6) is 0.698. The molecule has 0 fully saturated rings.